The lowest BCUT2D eigenvalue weighted by Crippen LogP contribution is -2.19. The summed E-state index contributed by atoms with van der Waals surface area (Å²) in [4.78, 5) is 24.3. The molecule has 136 valence electrons. The van der Waals surface area contributed by atoms with E-state index in [0.29, 0.717) is 23.4 Å². The molecule has 1 heterocycles. The first kappa shape index (κ1) is 17.9. The summed E-state index contributed by atoms with van der Waals surface area (Å²) in [5.74, 6) is 0.436. The molecular formula is C20H22N2O4. The average Bonchev–Trinajstić information content (AvgIpc) is 3.15. The highest BCUT2D eigenvalue weighted by atomic mass is 16.5. The fourth-order valence-corrected chi connectivity index (χ4v) is 2.81. The summed E-state index contributed by atoms with van der Waals surface area (Å²) in [7, 11) is 1.59. The molecule has 2 aromatic carbocycles. The Morgan fingerprint density at radius 1 is 1.04 bits per heavy atom. The lowest BCUT2D eigenvalue weighted by atomic mass is 10.1. The predicted octanol–water partition coefficient (Wildman–Crippen LogP) is 3.46. The predicted molar refractivity (Wildman–Crippen MR) is 99.6 cm³/mol. The molecule has 6 heteroatoms. The van der Waals surface area contributed by atoms with E-state index in [1.54, 1.807) is 55.6 Å². The fraction of sp³-hybridized carbons (Fsp3) is 0.300. The molecule has 0 aromatic heterocycles. The van der Waals surface area contributed by atoms with Crippen molar-refractivity contribution in [1.82, 2.24) is 0 Å². The molecule has 26 heavy (non-hydrogen) atoms. The summed E-state index contributed by atoms with van der Waals surface area (Å²) < 4.78 is 10.6. The number of methoxy groups -OCH3 is 1. The van der Waals surface area contributed by atoms with Gasteiger partial charge in [-0.1, -0.05) is 0 Å². The van der Waals surface area contributed by atoms with Crippen molar-refractivity contribution < 1.29 is 19.1 Å². The monoisotopic (exact) mass is 354 g/mol. The molecule has 0 saturated carbocycles. The second kappa shape index (κ2) is 8.49. The Morgan fingerprint density at radius 2 is 1.69 bits per heavy atom. The molecule has 0 bridgehead atoms. The Hall–Kier alpha value is -2.86. The summed E-state index contributed by atoms with van der Waals surface area (Å²) in [6.45, 7) is 0.732. The van der Waals surface area contributed by atoms with E-state index in [9.17, 15) is 9.59 Å². The maximum atomic E-state index is 12.3. The van der Waals surface area contributed by atoms with E-state index < -0.39 is 0 Å². The summed E-state index contributed by atoms with van der Waals surface area (Å²) in [5, 5.41) is 5.65. The number of rotatable bonds is 6. The van der Waals surface area contributed by atoms with Gasteiger partial charge in [-0.3, -0.25) is 9.59 Å². The second-order valence-electron chi connectivity index (χ2n) is 6.15. The van der Waals surface area contributed by atoms with Crippen molar-refractivity contribution in [3.05, 3.63) is 54.1 Å². The Labute approximate surface area is 152 Å². The molecule has 1 saturated heterocycles. The first-order chi connectivity index (χ1) is 12.6. The molecule has 1 aliphatic heterocycles. The minimum absolute atomic E-state index is 0.0181. The third kappa shape index (κ3) is 4.83. The molecule has 6 nitrogen and oxygen atoms in total. The summed E-state index contributed by atoms with van der Waals surface area (Å²) in [5.41, 5.74) is 1.86. The van der Waals surface area contributed by atoms with E-state index in [1.165, 1.54) is 0 Å². The van der Waals surface area contributed by atoms with Gasteiger partial charge in [-0.25, -0.2) is 0 Å². The van der Waals surface area contributed by atoms with E-state index in [-0.39, 0.29) is 17.9 Å². The number of anilines is 2. The summed E-state index contributed by atoms with van der Waals surface area (Å²) >= 11 is 0. The minimum atomic E-state index is -0.215. The highest BCUT2D eigenvalue weighted by Gasteiger charge is 2.19. The number of hydrogen-bond donors (Lipinski definition) is 2. The van der Waals surface area contributed by atoms with Gasteiger partial charge in [0.1, 0.15) is 5.75 Å². The van der Waals surface area contributed by atoms with Crippen molar-refractivity contribution in [3.63, 3.8) is 0 Å². The fourth-order valence-electron chi connectivity index (χ4n) is 2.81. The van der Waals surface area contributed by atoms with E-state index in [2.05, 4.69) is 10.6 Å². The third-order valence-corrected chi connectivity index (χ3v) is 4.22. The standard InChI is InChI=1S/C20H22N2O4/c1-25-17-10-8-16(9-11-17)22-20(24)14-4-6-15(7-5-14)21-19(23)13-18-3-2-12-26-18/h4-11,18H,2-3,12-13H2,1H3,(H,21,23)(H,22,24). The number of amides is 2. The second-order valence-corrected chi connectivity index (χ2v) is 6.15. The Kier molecular flexibility index (Phi) is 5.86. The zero-order chi connectivity index (χ0) is 18.4. The molecule has 0 spiro atoms. The molecule has 1 aliphatic rings. The Morgan fingerprint density at radius 3 is 2.31 bits per heavy atom. The van der Waals surface area contributed by atoms with Gasteiger partial charge in [0.05, 0.1) is 19.6 Å². The van der Waals surface area contributed by atoms with Gasteiger partial charge in [-0.2, -0.15) is 0 Å². The van der Waals surface area contributed by atoms with Crippen LogP contribution >= 0.6 is 0 Å². The van der Waals surface area contributed by atoms with Crippen LogP contribution in [0.2, 0.25) is 0 Å². The van der Waals surface area contributed by atoms with Crippen LogP contribution in [0.15, 0.2) is 48.5 Å². The first-order valence-corrected chi connectivity index (χ1v) is 8.61. The number of hydrogen-bond acceptors (Lipinski definition) is 4. The molecule has 1 fully saturated rings. The molecule has 2 amide bonds. The van der Waals surface area contributed by atoms with Crippen molar-refractivity contribution in [2.45, 2.75) is 25.4 Å². The van der Waals surface area contributed by atoms with Crippen molar-refractivity contribution in [3.8, 4) is 5.75 Å². The summed E-state index contributed by atoms with van der Waals surface area (Å²) in [6, 6.07) is 13.9. The first-order valence-electron chi connectivity index (χ1n) is 8.61. The third-order valence-electron chi connectivity index (χ3n) is 4.22. The van der Waals surface area contributed by atoms with Gasteiger partial charge in [-0.15, -0.1) is 0 Å². The highest BCUT2D eigenvalue weighted by Crippen LogP contribution is 2.18. The largest absolute Gasteiger partial charge is 0.497 e. The maximum absolute atomic E-state index is 12.3. The smallest absolute Gasteiger partial charge is 0.255 e. The SMILES string of the molecule is COc1ccc(NC(=O)c2ccc(NC(=O)CC3CCCO3)cc2)cc1. The number of carbonyl (C=O) groups is 2. The van der Waals surface area contributed by atoms with Crippen LogP contribution in [0.25, 0.3) is 0 Å². The van der Waals surface area contributed by atoms with Crippen LogP contribution in [-0.2, 0) is 9.53 Å². The number of benzene rings is 2. The average molecular weight is 354 g/mol. The summed E-state index contributed by atoms with van der Waals surface area (Å²) in [6.07, 6.45) is 2.32. The van der Waals surface area contributed by atoms with Crippen LogP contribution in [0.4, 0.5) is 11.4 Å². The van der Waals surface area contributed by atoms with Gasteiger partial charge in [0, 0.05) is 23.5 Å². The lowest BCUT2D eigenvalue weighted by Gasteiger charge is -2.10. The zero-order valence-electron chi connectivity index (χ0n) is 14.7. The molecule has 2 aromatic rings. The molecule has 0 aliphatic carbocycles. The molecular weight excluding hydrogens is 332 g/mol. The van der Waals surface area contributed by atoms with Gasteiger partial charge in [0.2, 0.25) is 5.91 Å². The van der Waals surface area contributed by atoms with Crippen LogP contribution in [-0.4, -0.2) is 31.6 Å². The van der Waals surface area contributed by atoms with Crippen molar-refractivity contribution in [2.75, 3.05) is 24.4 Å². The van der Waals surface area contributed by atoms with Crippen LogP contribution in [0.1, 0.15) is 29.6 Å². The van der Waals surface area contributed by atoms with Crippen LogP contribution in [0.5, 0.6) is 5.75 Å². The van der Waals surface area contributed by atoms with E-state index in [0.717, 1.165) is 25.2 Å². The van der Waals surface area contributed by atoms with Crippen LogP contribution in [0.3, 0.4) is 0 Å². The van der Waals surface area contributed by atoms with Gasteiger partial charge >= 0.3 is 0 Å². The topological polar surface area (TPSA) is 76.7 Å². The highest BCUT2D eigenvalue weighted by molar-refractivity contribution is 6.04. The maximum Gasteiger partial charge on any atom is 0.255 e. The van der Waals surface area contributed by atoms with Gasteiger partial charge < -0.3 is 20.1 Å². The zero-order valence-corrected chi connectivity index (χ0v) is 14.7. The van der Waals surface area contributed by atoms with Crippen molar-refractivity contribution in [2.24, 2.45) is 0 Å². The molecule has 1 unspecified atom stereocenters. The molecule has 2 N–H and O–H groups in total. The normalized spacial score (nSPS) is 16.1. The number of ether oxygens (including phenoxy) is 2. The van der Waals surface area contributed by atoms with Gasteiger partial charge in [0.15, 0.2) is 0 Å². The van der Waals surface area contributed by atoms with Gasteiger partial charge in [-0.05, 0) is 61.4 Å². The van der Waals surface area contributed by atoms with E-state index in [1.807, 2.05) is 0 Å². The van der Waals surface area contributed by atoms with Crippen molar-refractivity contribution in [1.29, 1.82) is 0 Å². The molecule has 3 rings (SSSR count). The lowest BCUT2D eigenvalue weighted by molar-refractivity contribution is -0.118. The number of nitrogens with one attached hydrogen (secondary N) is 2. The minimum Gasteiger partial charge on any atom is -0.497 e. The van der Waals surface area contributed by atoms with Crippen molar-refractivity contribution >= 4 is 23.2 Å². The number of carbonyl (C=O) groups excluding carboxylic acids is 2. The molecule has 0 radical (unpaired) electrons. The van der Waals surface area contributed by atoms with E-state index in [4.69, 9.17) is 9.47 Å². The molecule has 1 atom stereocenters. The van der Waals surface area contributed by atoms with Crippen LogP contribution in [0, 0.1) is 0 Å². The Balaban J connectivity index is 1.54. The Bertz CT molecular complexity index is 750. The van der Waals surface area contributed by atoms with Crippen LogP contribution < -0.4 is 15.4 Å². The van der Waals surface area contributed by atoms with Gasteiger partial charge in [0.25, 0.3) is 5.91 Å². The van der Waals surface area contributed by atoms with E-state index >= 15 is 0 Å². The quantitative estimate of drug-likeness (QED) is 0.833.